The molecule has 2 aromatic rings. The third kappa shape index (κ3) is 4.35. The topological polar surface area (TPSA) is 56.8 Å². The van der Waals surface area contributed by atoms with Crippen molar-refractivity contribution in [2.75, 3.05) is 20.8 Å². The van der Waals surface area contributed by atoms with Crippen molar-refractivity contribution in [2.45, 2.75) is 6.54 Å². The Hall–Kier alpha value is -2.76. The minimum atomic E-state index is -0.374. The molecule has 0 spiro atoms. The van der Waals surface area contributed by atoms with Crippen molar-refractivity contribution in [3.05, 3.63) is 53.8 Å². The molecule has 0 heterocycles. The van der Waals surface area contributed by atoms with Crippen molar-refractivity contribution in [2.24, 2.45) is 0 Å². The molecular weight excluding hydrogens is 301 g/mol. The number of amides is 1. The lowest BCUT2D eigenvalue weighted by Crippen LogP contribution is -2.28. The van der Waals surface area contributed by atoms with Crippen LogP contribution in [0, 0.1) is 5.82 Å². The maximum atomic E-state index is 13.5. The van der Waals surface area contributed by atoms with Crippen molar-refractivity contribution in [3.8, 4) is 17.2 Å². The molecule has 1 amide bonds. The number of methoxy groups -OCH3 is 2. The number of para-hydroxylation sites is 1. The Morgan fingerprint density at radius 3 is 2.30 bits per heavy atom. The van der Waals surface area contributed by atoms with Gasteiger partial charge in [-0.2, -0.15) is 0 Å². The molecule has 2 aromatic carbocycles. The van der Waals surface area contributed by atoms with Gasteiger partial charge >= 0.3 is 0 Å². The third-order valence-electron chi connectivity index (χ3n) is 3.16. The molecule has 0 fully saturated rings. The summed E-state index contributed by atoms with van der Waals surface area (Å²) in [5, 5.41) is 2.60. The van der Waals surface area contributed by atoms with E-state index in [-0.39, 0.29) is 24.9 Å². The lowest BCUT2D eigenvalue weighted by Gasteiger charge is -2.14. The number of hydrogen-bond acceptors (Lipinski definition) is 4. The summed E-state index contributed by atoms with van der Waals surface area (Å²) in [5.74, 6) is 0.539. The van der Waals surface area contributed by atoms with Gasteiger partial charge in [0.2, 0.25) is 5.75 Å². The number of carbonyl (C=O) groups is 1. The molecule has 0 aliphatic carbocycles. The van der Waals surface area contributed by atoms with Crippen LogP contribution in [0.15, 0.2) is 42.5 Å². The van der Waals surface area contributed by atoms with Gasteiger partial charge in [-0.3, -0.25) is 4.79 Å². The molecule has 6 heteroatoms. The van der Waals surface area contributed by atoms with Crippen LogP contribution in [0.5, 0.6) is 17.2 Å². The maximum Gasteiger partial charge on any atom is 0.258 e. The van der Waals surface area contributed by atoms with Crippen molar-refractivity contribution < 1.29 is 23.4 Å². The second-order valence-corrected chi connectivity index (χ2v) is 4.65. The quantitative estimate of drug-likeness (QED) is 0.852. The van der Waals surface area contributed by atoms with Crippen LogP contribution >= 0.6 is 0 Å². The summed E-state index contributed by atoms with van der Waals surface area (Å²) in [4.78, 5) is 11.9. The highest BCUT2D eigenvalue weighted by molar-refractivity contribution is 5.77. The number of halogens is 1. The number of rotatable bonds is 7. The fourth-order valence-electron chi connectivity index (χ4n) is 1.98. The highest BCUT2D eigenvalue weighted by Gasteiger charge is 2.13. The van der Waals surface area contributed by atoms with Gasteiger partial charge in [0.05, 0.1) is 14.2 Å². The average Bonchev–Trinajstić information content (AvgIpc) is 2.58. The SMILES string of the molecule is COc1cccc(OC)c1OCC(=O)NCc1ccccc1F. The highest BCUT2D eigenvalue weighted by Crippen LogP contribution is 2.36. The molecule has 1 N–H and O–H groups in total. The summed E-state index contributed by atoms with van der Waals surface area (Å²) in [7, 11) is 3.00. The molecule has 0 atom stereocenters. The Balaban J connectivity index is 1.93. The van der Waals surface area contributed by atoms with Crippen molar-refractivity contribution in [1.29, 1.82) is 0 Å². The van der Waals surface area contributed by atoms with Gasteiger partial charge in [0.25, 0.3) is 5.91 Å². The van der Waals surface area contributed by atoms with Crippen molar-refractivity contribution in [3.63, 3.8) is 0 Å². The molecule has 0 aromatic heterocycles. The first-order valence-electron chi connectivity index (χ1n) is 6.99. The Labute approximate surface area is 134 Å². The third-order valence-corrected chi connectivity index (χ3v) is 3.16. The first kappa shape index (κ1) is 16.6. The normalized spacial score (nSPS) is 10.0. The Bertz CT molecular complexity index is 653. The number of ether oxygens (including phenoxy) is 3. The van der Waals surface area contributed by atoms with E-state index < -0.39 is 0 Å². The van der Waals surface area contributed by atoms with Gasteiger partial charge in [-0.25, -0.2) is 4.39 Å². The summed E-state index contributed by atoms with van der Waals surface area (Å²) >= 11 is 0. The second kappa shape index (κ2) is 8.03. The van der Waals surface area contributed by atoms with Gasteiger partial charge < -0.3 is 19.5 Å². The Kier molecular flexibility index (Phi) is 5.80. The van der Waals surface area contributed by atoms with Gasteiger partial charge in [0.15, 0.2) is 18.1 Å². The van der Waals surface area contributed by atoms with E-state index in [9.17, 15) is 9.18 Å². The summed E-state index contributed by atoms with van der Waals surface area (Å²) < 4.78 is 29.3. The fourth-order valence-corrected chi connectivity index (χ4v) is 1.98. The summed E-state index contributed by atoms with van der Waals surface area (Å²) in [6.45, 7) is -0.136. The van der Waals surface area contributed by atoms with E-state index in [0.717, 1.165) is 0 Å². The van der Waals surface area contributed by atoms with Crippen LogP contribution in [0.25, 0.3) is 0 Å². The van der Waals surface area contributed by atoms with Gasteiger partial charge in [0, 0.05) is 12.1 Å². The van der Waals surface area contributed by atoms with Gasteiger partial charge in [-0.1, -0.05) is 24.3 Å². The molecule has 0 aliphatic rings. The minimum absolute atomic E-state index is 0.0952. The Morgan fingerprint density at radius 1 is 1.04 bits per heavy atom. The van der Waals surface area contributed by atoms with E-state index in [1.54, 1.807) is 36.4 Å². The van der Waals surface area contributed by atoms with Crippen LogP contribution in [0.2, 0.25) is 0 Å². The minimum Gasteiger partial charge on any atom is -0.493 e. The molecule has 5 nitrogen and oxygen atoms in total. The molecule has 0 bridgehead atoms. The average molecular weight is 319 g/mol. The number of hydrogen-bond donors (Lipinski definition) is 1. The fraction of sp³-hybridized carbons (Fsp3) is 0.235. The predicted octanol–water partition coefficient (Wildman–Crippen LogP) is 2.54. The zero-order valence-electron chi connectivity index (χ0n) is 13.0. The molecule has 0 saturated carbocycles. The maximum absolute atomic E-state index is 13.5. The number of nitrogens with one attached hydrogen (secondary N) is 1. The molecule has 23 heavy (non-hydrogen) atoms. The van der Waals surface area contributed by atoms with Crippen LogP contribution in [0.4, 0.5) is 4.39 Å². The van der Waals surface area contributed by atoms with Crippen molar-refractivity contribution in [1.82, 2.24) is 5.32 Å². The summed E-state index contributed by atoms with van der Waals surface area (Å²) in [5.41, 5.74) is 0.413. The monoisotopic (exact) mass is 319 g/mol. The van der Waals surface area contributed by atoms with E-state index >= 15 is 0 Å². The van der Waals surface area contributed by atoms with E-state index in [4.69, 9.17) is 14.2 Å². The van der Waals surface area contributed by atoms with Crippen molar-refractivity contribution >= 4 is 5.91 Å². The second-order valence-electron chi connectivity index (χ2n) is 4.65. The van der Waals surface area contributed by atoms with Crippen LogP contribution in [0.3, 0.4) is 0 Å². The molecular formula is C17H18FNO4. The number of benzene rings is 2. The molecule has 122 valence electrons. The smallest absolute Gasteiger partial charge is 0.258 e. The summed E-state index contributed by atoms with van der Waals surface area (Å²) in [6, 6.07) is 11.4. The zero-order valence-corrected chi connectivity index (χ0v) is 13.0. The van der Waals surface area contributed by atoms with E-state index in [1.807, 2.05) is 0 Å². The zero-order chi connectivity index (χ0) is 16.7. The number of carbonyl (C=O) groups excluding carboxylic acids is 1. The van der Waals surface area contributed by atoms with Crippen LogP contribution < -0.4 is 19.5 Å². The Morgan fingerprint density at radius 2 is 1.70 bits per heavy atom. The van der Waals surface area contributed by atoms with Crippen LogP contribution in [0.1, 0.15) is 5.56 Å². The molecule has 0 unspecified atom stereocenters. The molecule has 0 saturated heterocycles. The lowest BCUT2D eigenvalue weighted by atomic mass is 10.2. The molecule has 2 rings (SSSR count). The van der Waals surface area contributed by atoms with Crippen LogP contribution in [-0.2, 0) is 11.3 Å². The van der Waals surface area contributed by atoms with Crippen LogP contribution in [-0.4, -0.2) is 26.7 Å². The van der Waals surface area contributed by atoms with E-state index in [2.05, 4.69) is 5.32 Å². The van der Waals surface area contributed by atoms with Gasteiger partial charge in [-0.05, 0) is 18.2 Å². The first-order chi connectivity index (χ1) is 11.2. The first-order valence-corrected chi connectivity index (χ1v) is 6.99. The van der Waals surface area contributed by atoms with Gasteiger partial charge in [-0.15, -0.1) is 0 Å². The molecule has 0 radical (unpaired) electrons. The molecule has 0 aliphatic heterocycles. The standard InChI is InChI=1S/C17H18FNO4/c1-21-14-8-5-9-15(22-2)17(14)23-11-16(20)19-10-12-6-3-4-7-13(12)18/h3-9H,10-11H2,1-2H3,(H,19,20). The largest absolute Gasteiger partial charge is 0.493 e. The summed E-state index contributed by atoms with van der Waals surface area (Å²) in [6.07, 6.45) is 0. The predicted molar refractivity (Wildman–Crippen MR) is 83.3 cm³/mol. The highest BCUT2D eigenvalue weighted by atomic mass is 19.1. The van der Waals surface area contributed by atoms with E-state index in [1.165, 1.54) is 20.3 Å². The van der Waals surface area contributed by atoms with E-state index in [0.29, 0.717) is 22.8 Å². The van der Waals surface area contributed by atoms with Gasteiger partial charge in [0.1, 0.15) is 5.82 Å². The lowest BCUT2D eigenvalue weighted by molar-refractivity contribution is -0.123.